The van der Waals surface area contributed by atoms with Crippen molar-refractivity contribution in [2.45, 2.75) is 44.2 Å². The van der Waals surface area contributed by atoms with Crippen molar-refractivity contribution in [1.29, 1.82) is 0 Å². The van der Waals surface area contributed by atoms with Gasteiger partial charge in [0.15, 0.2) is 0 Å². The zero-order valence-electron chi connectivity index (χ0n) is 9.38. The minimum atomic E-state index is 0.106. The third kappa shape index (κ3) is 1.95. The van der Waals surface area contributed by atoms with Crippen molar-refractivity contribution in [2.75, 3.05) is 26.3 Å². The number of nitrogens with zero attached hydrogens (tertiary/aromatic N) is 1. The van der Waals surface area contributed by atoms with E-state index in [0.717, 1.165) is 26.3 Å². The van der Waals surface area contributed by atoms with Crippen LogP contribution in [0, 0.1) is 0 Å². The van der Waals surface area contributed by atoms with Gasteiger partial charge in [0.05, 0.1) is 13.2 Å². The molecular formula is C11H22N2O. The fraction of sp³-hybridized carbons (Fsp3) is 1.00. The first-order chi connectivity index (χ1) is 6.52. The van der Waals surface area contributed by atoms with Crippen molar-refractivity contribution >= 4 is 0 Å². The second-order valence-electron chi connectivity index (χ2n) is 5.50. The molecule has 1 saturated heterocycles. The molecule has 0 atom stereocenters. The molecule has 0 unspecified atom stereocenters. The van der Waals surface area contributed by atoms with Crippen LogP contribution in [0.4, 0.5) is 0 Å². The number of ether oxygens (including phenoxy) is 1. The van der Waals surface area contributed by atoms with Crippen LogP contribution >= 0.6 is 0 Å². The van der Waals surface area contributed by atoms with Gasteiger partial charge in [0.1, 0.15) is 0 Å². The lowest BCUT2D eigenvalue weighted by molar-refractivity contribution is -0.0653. The second-order valence-corrected chi connectivity index (χ2v) is 5.50. The van der Waals surface area contributed by atoms with E-state index in [9.17, 15) is 0 Å². The molecule has 1 aliphatic heterocycles. The number of hydrogen-bond donors (Lipinski definition) is 1. The van der Waals surface area contributed by atoms with Crippen LogP contribution in [-0.2, 0) is 4.74 Å². The lowest BCUT2D eigenvalue weighted by atomic mass is 9.76. The zero-order chi connectivity index (χ0) is 10.2. The molecule has 0 aromatic heterocycles. The van der Waals surface area contributed by atoms with Gasteiger partial charge in [-0.05, 0) is 33.1 Å². The summed E-state index contributed by atoms with van der Waals surface area (Å²) in [4.78, 5) is 2.50. The van der Waals surface area contributed by atoms with Gasteiger partial charge in [-0.15, -0.1) is 0 Å². The molecule has 0 radical (unpaired) electrons. The molecule has 0 aromatic rings. The molecule has 82 valence electrons. The fourth-order valence-electron chi connectivity index (χ4n) is 2.35. The quantitative estimate of drug-likeness (QED) is 0.719. The molecule has 0 amide bonds. The minimum absolute atomic E-state index is 0.106. The fourth-order valence-corrected chi connectivity index (χ4v) is 2.35. The smallest absolute Gasteiger partial charge is 0.0645 e. The molecular weight excluding hydrogens is 176 g/mol. The van der Waals surface area contributed by atoms with Crippen LogP contribution in [0.3, 0.4) is 0 Å². The van der Waals surface area contributed by atoms with E-state index < -0.39 is 0 Å². The Bertz CT molecular complexity index is 211. The summed E-state index contributed by atoms with van der Waals surface area (Å²) in [5, 5.41) is 0. The van der Waals surface area contributed by atoms with Crippen molar-refractivity contribution in [3.63, 3.8) is 0 Å². The largest absolute Gasteiger partial charge is 0.378 e. The summed E-state index contributed by atoms with van der Waals surface area (Å²) >= 11 is 0. The highest BCUT2D eigenvalue weighted by atomic mass is 16.5. The predicted octanol–water partition coefficient (Wildman–Crippen LogP) is 0.979. The topological polar surface area (TPSA) is 38.5 Å². The van der Waals surface area contributed by atoms with E-state index in [-0.39, 0.29) is 11.1 Å². The Labute approximate surface area is 86.6 Å². The van der Waals surface area contributed by atoms with Crippen molar-refractivity contribution in [2.24, 2.45) is 5.73 Å². The molecule has 2 aliphatic rings. The van der Waals surface area contributed by atoms with E-state index in [1.54, 1.807) is 0 Å². The Morgan fingerprint density at radius 3 is 2.57 bits per heavy atom. The Hall–Kier alpha value is -0.120. The van der Waals surface area contributed by atoms with Gasteiger partial charge in [-0.3, -0.25) is 4.90 Å². The maximum absolute atomic E-state index is 6.27. The van der Waals surface area contributed by atoms with E-state index in [0.29, 0.717) is 0 Å². The lowest BCUT2D eigenvalue weighted by Gasteiger charge is -2.49. The number of nitrogens with two attached hydrogens (primary N) is 1. The van der Waals surface area contributed by atoms with Crippen LogP contribution in [-0.4, -0.2) is 42.3 Å². The van der Waals surface area contributed by atoms with Crippen LogP contribution < -0.4 is 5.73 Å². The van der Waals surface area contributed by atoms with Gasteiger partial charge in [0, 0.05) is 24.2 Å². The van der Waals surface area contributed by atoms with Gasteiger partial charge in [-0.25, -0.2) is 0 Å². The van der Waals surface area contributed by atoms with E-state index in [1.807, 2.05) is 0 Å². The van der Waals surface area contributed by atoms with Crippen molar-refractivity contribution in [1.82, 2.24) is 4.90 Å². The number of rotatable bonds is 2. The van der Waals surface area contributed by atoms with Gasteiger partial charge in [0.2, 0.25) is 0 Å². The standard InChI is InChI=1S/C11H22N2O/c1-10(2)9-14-7-6-13(10)8-11(12)4-3-5-11/h3-9,12H2,1-2H3. The summed E-state index contributed by atoms with van der Waals surface area (Å²) in [6.45, 7) is 8.26. The summed E-state index contributed by atoms with van der Waals surface area (Å²) in [5.74, 6) is 0. The molecule has 2 N–H and O–H groups in total. The molecule has 0 bridgehead atoms. The molecule has 1 heterocycles. The predicted molar refractivity (Wildman–Crippen MR) is 57.2 cm³/mol. The summed E-state index contributed by atoms with van der Waals surface area (Å²) in [7, 11) is 0. The molecule has 1 aliphatic carbocycles. The van der Waals surface area contributed by atoms with E-state index in [2.05, 4.69) is 18.7 Å². The van der Waals surface area contributed by atoms with E-state index in [1.165, 1.54) is 19.3 Å². The lowest BCUT2D eigenvalue weighted by Crippen LogP contribution is -2.62. The third-order valence-corrected chi connectivity index (χ3v) is 3.67. The maximum atomic E-state index is 6.27. The second kappa shape index (κ2) is 3.47. The average Bonchev–Trinajstić information content (AvgIpc) is 2.06. The molecule has 2 fully saturated rings. The highest BCUT2D eigenvalue weighted by Crippen LogP contribution is 2.32. The zero-order valence-corrected chi connectivity index (χ0v) is 9.38. The third-order valence-electron chi connectivity index (χ3n) is 3.67. The van der Waals surface area contributed by atoms with Crippen molar-refractivity contribution in [3.05, 3.63) is 0 Å². The van der Waals surface area contributed by atoms with Crippen LogP contribution in [0.25, 0.3) is 0 Å². The molecule has 1 saturated carbocycles. The van der Waals surface area contributed by atoms with Gasteiger partial charge in [-0.2, -0.15) is 0 Å². The highest BCUT2D eigenvalue weighted by molar-refractivity contribution is 4.98. The Kier molecular flexibility index (Phi) is 2.58. The summed E-state index contributed by atoms with van der Waals surface area (Å²) in [6, 6.07) is 0. The van der Waals surface area contributed by atoms with E-state index in [4.69, 9.17) is 10.5 Å². The Morgan fingerprint density at radius 1 is 1.36 bits per heavy atom. The summed E-state index contributed by atoms with van der Waals surface area (Å²) < 4.78 is 5.50. The monoisotopic (exact) mass is 198 g/mol. The van der Waals surface area contributed by atoms with Crippen molar-refractivity contribution in [3.8, 4) is 0 Å². The molecule has 0 aromatic carbocycles. The Morgan fingerprint density at radius 2 is 2.07 bits per heavy atom. The van der Waals surface area contributed by atoms with Crippen LogP contribution in [0.5, 0.6) is 0 Å². The molecule has 14 heavy (non-hydrogen) atoms. The van der Waals surface area contributed by atoms with Crippen molar-refractivity contribution < 1.29 is 4.74 Å². The normalized spacial score (nSPS) is 31.1. The SMILES string of the molecule is CC1(C)COCCN1CC1(N)CCC1. The van der Waals surface area contributed by atoms with Gasteiger partial charge in [0.25, 0.3) is 0 Å². The van der Waals surface area contributed by atoms with Crippen LogP contribution in [0.2, 0.25) is 0 Å². The first kappa shape index (κ1) is 10.4. The summed E-state index contributed by atoms with van der Waals surface area (Å²) in [5.41, 5.74) is 6.54. The van der Waals surface area contributed by atoms with E-state index >= 15 is 0 Å². The maximum Gasteiger partial charge on any atom is 0.0645 e. The number of hydrogen-bond acceptors (Lipinski definition) is 3. The van der Waals surface area contributed by atoms with Gasteiger partial charge in [-0.1, -0.05) is 0 Å². The first-order valence-electron chi connectivity index (χ1n) is 5.64. The minimum Gasteiger partial charge on any atom is -0.378 e. The Balaban J connectivity index is 1.95. The first-order valence-corrected chi connectivity index (χ1v) is 5.64. The molecule has 3 heteroatoms. The van der Waals surface area contributed by atoms with Gasteiger partial charge >= 0.3 is 0 Å². The number of morpholine rings is 1. The van der Waals surface area contributed by atoms with Gasteiger partial charge < -0.3 is 10.5 Å². The highest BCUT2D eigenvalue weighted by Gasteiger charge is 2.39. The molecule has 2 rings (SSSR count). The average molecular weight is 198 g/mol. The van der Waals surface area contributed by atoms with Crippen LogP contribution in [0.1, 0.15) is 33.1 Å². The molecule has 3 nitrogen and oxygen atoms in total. The summed E-state index contributed by atoms with van der Waals surface area (Å²) in [6.07, 6.45) is 3.70. The molecule has 0 spiro atoms. The van der Waals surface area contributed by atoms with Crippen LogP contribution in [0.15, 0.2) is 0 Å².